The molecule has 0 aliphatic carbocycles. The van der Waals surface area contributed by atoms with Crippen LogP contribution in [0, 0.1) is 11.3 Å². The molecule has 1 fully saturated rings. The number of hydrogen-bond donors (Lipinski definition) is 2. The standard InChI is InChI=1S/C22H24N8O3/c1-22(2,3)33-21(32)27-18-17(19-24-8-4-9-30(19)28-18)20(31)26-15-7-10-29(13-15)16-6-5-14(11-23)12-25-16/h4-6,8-9,12,15H,7,10,13H2,1-3H3,(H,26,31)(H,27,28,32). The third-order valence-electron chi connectivity index (χ3n) is 4.97. The van der Waals surface area contributed by atoms with Gasteiger partial charge in [-0.3, -0.25) is 10.1 Å². The molecule has 1 unspecified atom stereocenters. The third kappa shape index (κ3) is 5.01. The van der Waals surface area contributed by atoms with E-state index in [1.165, 1.54) is 10.7 Å². The quantitative estimate of drug-likeness (QED) is 0.620. The predicted octanol–water partition coefficient (Wildman–Crippen LogP) is 2.35. The van der Waals surface area contributed by atoms with E-state index in [0.717, 1.165) is 12.2 Å². The van der Waals surface area contributed by atoms with Crippen LogP contribution in [0.4, 0.5) is 16.4 Å². The highest BCUT2D eigenvalue weighted by molar-refractivity contribution is 6.06. The number of ether oxygens (including phenoxy) is 1. The summed E-state index contributed by atoms with van der Waals surface area (Å²) in [4.78, 5) is 36.1. The van der Waals surface area contributed by atoms with Crippen LogP contribution in [0.15, 0.2) is 36.8 Å². The highest BCUT2D eigenvalue weighted by atomic mass is 16.6. The van der Waals surface area contributed by atoms with Crippen LogP contribution in [0.5, 0.6) is 0 Å². The molecule has 0 spiro atoms. The van der Waals surface area contributed by atoms with E-state index in [2.05, 4.69) is 31.8 Å². The maximum atomic E-state index is 13.2. The number of fused-ring (bicyclic) bond motifs is 1. The van der Waals surface area contributed by atoms with Gasteiger partial charge in [-0.25, -0.2) is 19.3 Å². The summed E-state index contributed by atoms with van der Waals surface area (Å²) in [5.41, 5.74) is 0.283. The van der Waals surface area contributed by atoms with Gasteiger partial charge < -0.3 is 15.0 Å². The Morgan fingerprint density at radius 1 is 1.27 bits per heavy atom. The lowest BCUT2D eigenvalue weighted by molar-refractivity contribution is 0.0635. The maximum Gasteiger partial charge on any atom is 0.413 e. The number of nitriles is 1. The number of nitrogens with one attached hydrogen (secondary N) is 2. The molecule has 2 amide bonds. The second-order valence-corrected chi connectivity index (χ2v) is 8.66. The van der Waals surface area contributed by atoms with Crippen molar-refractivity contribution in [1.29, 1.82) is 5.26 Å². The molecular formula is C22H24N8O3. The minimum atomic E-state index is -0.709. The zero-order chi connectivity index (χ0) is 23.6. The van der Waals surface area contributed by atoms with Crippen LogP contribution < -0.4 is 15.5 Å². The van der Waals surface area contributed by atoms with E-state index in [9.17, 15) is 9.59 Å². The lowest BCUT2D eigenvalue weighted by atomic mass is 10.2. The first kappa shape index (κ1) is 22.0. The second-order valence-electron chi connectivity index (χ2n) is 8.66. The number of hydrogen-bond acceptors (Lipinski definition) is 8. The molecule has 2 N–H and O–H groups in total. The van der Waals surface area contributed by atoms with Crippen molar-refractivity contribution in [2.24, 2.45) is 0 Å². The average molecular weight is 448 g/mol. The minimum absolute atomic E-state index is 0.0732. The number of amides is 2. The number of pyridine rings is 1. The fourth-order valence-electron chi connectivity index (χ4n) is 3.57. The Kier molecular flexibility index (Phi) is 5.83. The fraction of sp³-hybridized carbons (Fsp3) is 0.364. The molecule has 1 atom stereocenters. The molecule has 11 heteroatoms. The van der Waals surface area contributed by atoms with E-state index in [1.54, 1.807) is 51.4 Å². The first-order chi connectivity index (χ1) is 15.7. The van der Waals surface area contributed by atoms with Gasteiger partial charge in [0.2, 0.25) is 0 Å². The molecular weight excluding hydrogens is 424 g/mol. The maximum absolute atomic E-state index is 13.2. The Hall–Kier alpha value is -4.20. The van der Waals surface area contributed by atoms with E-state index in [-0.39, 0.29) is 17.4 Å². The first-order valence-corrected chi connectivity index (χ1v) is 10.5. The third-order valence-corrected chi connectivity index (χ3v) is 4.97. The van der Waals surface area contributed by atoms with Gasteiger partial charge in [0.05, 0.1) is 5.56 Å². The Balaban J connectivity index is 1.50. The van der Waals surface area contributed by atoms with E-state index < -0.39 is 17.6 Å². The monoisotopic (exact) mass is 448 g/mol. The van der Waals surface area contributed by atoms with Crippen LogP contribution in [-0.4, -0.2) is 56.3 Å². The van der Waals surface area contributed by atoms with E-state index in [1.807, 2.05) is 4.90 Å². The molecule has 0 saturated carbocycles. The summed E-state index contributed by atoms with van der Waals surface area (Å²) in [6, 6.07) is 7.10. The number of anilines is 2. The van der Waals surface area contributed by atoms with Gasteiger partial charge in [-0.15, -0.1) is 5.10 Å². The molecule has 1 aliphatic rings. The largest absolute Gasteiger partial charge is 0.444 e. The SMILES string of the molecule is CC(C)(C)OC(=O)Nc1nn2cccnc2c1C(=O)NC1CCN(c2ccc(C#N)cn2)C1. The van der Waals surface area contributed by atoms with Gasteiger partial charge in [0.25, 0.3) is 5.91 Å². The Bertz CT molecular complexity index is 1220. The molecule has 33 heavy (non-hydrogen) atoms. The second kappa shape index (κ2) is 8.74. The Labute approximate surface area is 190 Å². The zero-order valence-electron chi connectivity index (χ0n) is 18.6. The van der Waals surface area contributed by atoms with Crippen molar-refractivity contribution in [3.63, 3.8) is 0 Å². The summed E-state index contributed by atoms with van der Waals surface area (Å²) in [5.74, 6) is 0.425. The first-order valence-electron chi connectivity index (χ1n) is 10.5. The summed E-state index contributed by atoms with van der Waals surface area (Å²) in [6.45, 7) is 6.52. The van der Waals surface area contributed by atoms with Gasteiger partial charge in [0, 0.05) is 37.7 Å². The smallest absolute Gasteiger partial charge is 0.413 e. The minimum Gasteiger partial charge on any atom is -0.444 e. The van der Waals surface area contributed by atoms with Crippen molar-refractivity contribution in [3.8, 4) is 6.07 Å². The molecule has 1 saturated heterocycles. The molecule has 170 valence electrons. The van der Waals surface area contributed by atoms with Gasteiger partial charge in [-0.05, 0) is 45.4 Å². The number of aromatic nitrogens is 4. The van der Waals surface area contributed by atoms with Gasteiger partial charge in [0.15, 0.2) is 11.5 Å². The van der Waals surface area contributed by atoms with E-state index >= 15 is 0 Å². The average Bonchev–Trinajstić information content (AvgIpc) is 3.36. The molecule has 0 aromatic carbocycles. The summed E-state index contributed by atoms with van der Waals surface area (Å²) >= 11 is 0. The molecule has 4 heterocycles. The van der Waals surface area contributed by atoms with Gasteiger partial charge in [-0.1, -0.05) is 0 Å². The molecule has 0 bridgehead atoms. The van der Waals surface area contributed by atoms with Gasteiger partial charge in [-0.2, -0.15) is 5.26 Å². The number of rotatable bonds is 4. The molecule has 4 rings (SSSR count). The van der Waals surface area contributed by atoms with Crippen LogP contribution in [0.25, 0.3) is 5.65 Å². The highest BCUT2D eigenvalue weighted by Gasteiger charge is 2.29. The molecule has 3 aromatic heterocycles. The van der Waals surface area contributed by atoms with Crippen LogP contribution in [0.2, 0.25) is 0 Å². The molecule has 0 radical (unpaired) electrons. The number of carbonyl (C=O) groups is 2. The van der Waals surface area contributed by atoms with Crippen LogP contribution in [0.3, 0.4) is 0 Å². The number of carbonyl (C=O) groups excluding carboxylic acids is 2. The molecule has 3 aromatic rings. The van der Waals surface area contributed by atoms with Crippen molar-refractivity contribution >= 4 is 29.3 Å². The molecule has 1 aliphatic heterocycles. The summed E-state index contributed by atoms with van der Waals surface area (Å²) in [5, 5.41) is 18.8. The normalized spacial score (nSPS) is 15.8. The van der Waals surface area contributed by atoms with E-state index in [0.29, 0.717) is 24.3 Å². The summed E-state index contributed by atoms with van der Waals surface area (Å²) < 4.78 is 6.73. The van der Waals surface area contributed by atoms with Crippen molar-refractivity contribution in [2.45, 2.75) is 38.8 Å². The van der Waals surface area contributed by atoms with Crippen LogP contribution >= 0.6 is 0 Å². The van der Waals surface area contributed by atoms with Crippen molar-refractivity contribution in [1.82, 2.24) is 24.9 Å². The van der Waals surface area contributed by atoms with Gasteiger partial charge in [0.1, 0.15) is 23.1 Å². The lowest BCUT2D eigenvalue weighted by Gasteiger charge is -2.19. The predicted molar refractivity (Wildman–Crippen MR) is 120 cm³/mol. The summed E-state index contributed by atoms with van der Waals surface area (Å²) in [6.07, 6.45) is 4.74. The summed E-state index contributed by atoms with van der Waals surface area (Å²) in [7, 11) is 0. The lowest BCUT2D eigenvalue weighted by Crippen LogP contribution is -2.37. The Morgan fingerprint density at radius 2 is 2.09 bits per heavy atom. The van der Waals surface area contributed by atoms with Crippen molar-refractivity contribution in [2.75, 3.05) is 23.3 Å². The van der Waals surface area contributed by atoms with Crippen molar-refractivity contribution in [3.05, 3.63) is 47.9 Å². The fourth-order valence-corrected chi connectivity index (χ4v) is 3.57. The molecule has 11 nitrogen and oxygen atoms in total. The van der Waals surface area contributed by atoms with Crippen LogP contribution in [0.1, 0.15) is 43.1 Å². The highest BCUT2D eigenvalue weighted by Crippen LogP contribution is 2.22. The van der Waals surface area contributed by atoms with Crippen molar-refractivity contribution < 1.29 is 14.3 Å². The van der Waals surface area contributed by atoms with Gasteiger partial charge >= 0.3 is 6.09 Å². The Morgan fingerprint density at radius 3 is 2.79 bits per heavy atom. The van der Waals surface area contributed by atoms with Crippen LogP contribution in [-0.2, 0) is 4.74 Å². The zero-order valence-corrected chi connectivity index (χ0v) is 18.6. The topological polar surface area (TPSA) is 138 Å². The van der Waals surface area contributed by atoms with E-state index in [4.69, 9.17) is 10.00 Å². The number of nitrogens with zero attached hydrogens (tertiary/aromatic N) is 6.